The topological polar surface area (TPSA) is 113 Å². The summed E-state index contributed by atoms with van der Waals surface area (Å²) in [6.07, 6.45) is 0. The Hall–Kier alpha value is -3.35. The Balaban J connectivity index is 1.96. The largest absolute Gasteiger partial charge is 0.493 e. The smallest absolute Gasteiger partial charge is 0.343 e. The molecule has 0 fully saturated rings. The van der Waals surface area contributed by atoms with E-state index in [2.05, 4.69) is 9.97 Å². The molecule has 0 saturated carbocycles. The maximum atomic E-state index is 12.4. The van der Waals surface area contributed by atoms with Crippen LogP contribution >= 0.6 is 0 Å². The molecule has 3 rings (SSSR count). The van der Waals surface area contributed by atoms with Gasteiger partial charge in [-0.2, -0.15) is 4.98 Å². The van der Waals surface area contributed by atoms with E-state index in [1.165, 1.54) is 7.11 Å². The number of aromatic nitrogens is 2. The third-order valence-electron chi connectivity index (χ3n) is 3.50. The van der Waals surface area contributed by atoms with Gasteiger partial charge in [-0.25, -0.2) is 9.78 Å². The molecule has 0 radical (unpaired) electrons. The molecular formula is C17H16N4O3. The molecule has 7 heteroatoms. The maximum Gasteiger partial charge on any atom is 0.343 e. The number of fused-ring (bicyclic) bond motifs is 1. The Morgan fingerprint density at radius 3 is 2.58 bits per heavy atom. The van der Waals surface area contributed by atoms with Gasteiger partial charge in [-0.3, -0.25) is 0 Å². The van der Waals surface area contributed by atoms with Crippen LogP contribution in [0.5, 0.6) is 11.5 Å². The van der Waals surface area contributed by atoms with Crippen LogP contribution in [0.4, 0.5) is 11.8 Å². The van der Waals surface area contributed by atoms with Gasteiger partial charge in [-0.1, -0.05) is 6.07 Å². The molecule has 0 bridgehead atoms. The molecule has 0 amide bonds. The van der Waals surface area contributed by atoms with Crippen molar-refractivity contribution < 1.29 is 14.3 Å². The fourth-order valence-corrected chi connectivity index (χ4v) is 2.32. The first-order chi connectivity index (χ1) is 11.5. The van der Waals surface area contributed by atoms with Crippen molar-refractivity contribution in [2.24, 2.45) is 0 Å². The van der Waals surface area contributed by atoms with E-state index in [1.807, 2.05) is 13.0 Å². The lowest BCUT2D eigenvalue weighted by atomic mass is 10.1. The van der Waals surface area contributed by atoms with E-state index in [9.17, 15) is 4.79 Å². The number of ether oxygens (including phenoxy) is 2. The molecule has 1 aromatic heterocycles. The second-order valence-electron chi connectivity index (χ2n) is 5.24. The molecule has 0 aliphatic carbocycles. The average Bonchev–Trinajstić information content (AvgIpc) is 2.54. The lowest BCUT2D eigenvalue weighted by Crippen LogP contribution is -2.10. The molecule has 2 aromatic carbocycles. The fourth-order valence-electron chi connectivity index (χ4n) is 2.32. The van der Waals surface area contributed by atoms with Crippen LogP contribution in [0, 0.1) is 6.92 Å². The van der Waals surface area contributed by atoms with Gasteiger partial charge >= 0.3 is 5.97 Å². The Morgan fingerprint density at radius 2 is 1.83 bits per heavy atom. The van der Waals surface area contributed by atoms with Crippen molar-refractivity contribution in [3.63, 3.8) is 0 Å². The zero-order valence-corrected chi connectivity index (χ0v) is 13.2. The van der Waals surface area contributed by atoms with Gasteiger partial charge in [-0.05, 0) is 42.8 Å². The van der Waals surface area contributed by atoms with Crippen molar-refractivity contribution in [3.05, 3.63) is 47.5 Å². The average molecular weight is 324 g/mol. The van der Waals surface area contributed by atoms with Gasteiger partial charge in [0.2, 0.25) is 5.95 Å². The highest BCUT2D eigenvalue weighted by atomic mass is 16.6. The van der Waals surface area contributed by atoms with Crippen LogP contribution in [-0.4, -0.2) is 23.0 Å². The van der Waals surface area contributed by atoms with E-state index in [0.717, 1.165) is 5.56 Å². The fraction of sp³-hybridized carbons (Fsp3) is 0.118. The van der Waals surface area contributed by atoms with Crippen LogP contribution in [0.2, 0.25) is 0 Å². The number of aryl methyl sites for hydroxylation is 1. The number of hydrogen-bond acceptors (Lipinski definition) is 7. The van der Waals surface area contributed by atoms with Crippen molar-refractivity contribution in [1.82, 2.24) is 9.97 Å². The first-order valence-electron chi connectivity index (χ1n) is 7.17. The number of anilines is 2. The summed E-state index contributed by atoms with van der Waals surface area (Å²) in [7, 11) is 1.51. The lowest BCUT2D eigenvalue weighted by Gasteiger charge is -2.10. The van der Waals surface area contributed by atoms with Crippen LogP contribution in [0.3, 0.4) is 0 Å². The summed E-state index contributed by atoms with van der Waals surface area (Å²) in [5.74, 6) is 0.589. The zero-order chi connectivity index (χ0) is 17.3. The van der Waals surface area contributed by atoms with Gasteiger partial charge in [0.05, 0.1) is 18.2 Å². The van der Waals surface area contributed by atoms with Gasteiger partial charge < -0.3 is 20.9 Å². The normalized spacial score (nSPS) is 10.6. The van der Waals surface area contributed by atoms with Gasteiger partial charge in [-0.15, -0.1) is 0 Å². The third-order valence-corrected chi connectivity index (χ3v) is 3.50. The number of methoxy groups -OCH3 is 1. The van der Waals surface area contributed by atoms with E-state index in [4.69, 9.17) is 20.9 Å². The van der Waals surface area contributed by atoms with Gasteiger partial charge in [0.25, 0.3) is 0 Å². The summed E-state index contributed by atoms with van der Waals surface area (Å²) in [6, 6.07) is 10.2. The van der Waals surface area contributed by atoms with Crippen molar-refractivity contribution in [2.75, 3.05) is 18.6 Å². The first kappa shape index (κ1) is 15.5. The van der Waals surface area contributed by atoms with Crippen LogP contribution < -0.4 is 20.9 Å². The SMILES string of the molecule is COc1ccc(C)cc1OC(=O)c1ccc2nc(N)nc(N)c2c1. The number of esters is 1. The number of carbonyl (C=O) groups excluding carboxylic acids is 1. The second kappa shape index (κ2) is 6.04. The molecule has 0 atom stereocenters. The summed E-state index contributed by atoms with van der Waals surface area (Å²) >= 11 is 0. The van der Waals surface area contributed by atoms with Crippen molar-refractivity contribution in [1.29, 1.82) is 0 Å². The predicted molar refractivity (Wildman–Crippen MR) is 91.1 cm³/mol. The van der Waals surface area contributed by atoms with Crippen molar-refractivity contribution in [3.8, 4) is 11.5 Å². The summed E-state index contributed by atoms with van der Waals surface area (Å²) in [5, 5.41) is 0.537. The number of nitrogen functional groups attached to an aromatic ring is 2. The zero-order valence-electron chi connectivity index (χ0n) is 13.2. The number of benzene rings is 2. The molecule has 0 aliphatic rings. The van der Waals surface area contributed by atoms with Crippen LogP contribution in [0.15, 0.2) is 36.4 Å². The highest BCUT2D eigenvalue weighted by Crippen LogP contribution is 2.29. The van der Waals surface area contributed by atoms with E-state index in [1.54, 1.807) is 30.3 Å². The van der Waals surface area contributed by atoms with Gasteiger partial charge in [0, 0.05) is 5.39 Å². The number of nitrogens with two attached hydrogens (primary N) is 2. The van der Waals surface area contributed by atoms with Crippen LogP contribution in [0.1, 0.15) is 15.9 Å². The molecule has 0 unspecified atom stereocenters. The second-order valence-corrected chi connectivity index (χ2v) is 5.24. The highest BCUT2D eigenvalue weighted by molar-refractivity contribution is 5.98. The molecular weight excluding hydrogens is 308 g/mol. The van der Waals surface area contributed by atoms with E-state index in [-0.39, 0.29) is 11.8 Å². The monoisotopic (exact) mass is 324 g/mol. The highest BCUT2D eigenvalue weighted by Gasteiger charge is 2.14. The van der Waals surface area contributed by atoms with E-state index < -0.39 is 5.97 Å². The molecule has 0 aliphatic heterocycles. The summed E-state index contributed by atoms with van der Waals surface area (Å²) < 4.78 is 10.7. The summed E-state index contributed by atoms with van der Waals surface area (Å²) in [4.78, 5) is 20.4. The number of nitrogens with zero attached hydrogens (tertiary/aromatic N) is 2. The standard InChI is InChI=1S/C17H16N4O3/c1-9-3-6-13(23-2)14(7-9)24-16(22)10-4-5-12-11(8-10)15(18)21-17(19)20-12/h3-8H,1-2H3,(H4,18,19,20,21). The minimum absolute atomic E-state index is 0.0832. The Morgan fingerprint density at radius 1 is 1.04 bits per heavy atom. The van der Waals surface area contributed by atoms with E-state index in [0.29, 0.717) is 28.0 Å². The molecule has 1 heterocycles. The molecule has 24 heavy (non-hydrogen) atoms. The van der Waals surface area contributed by atoms with Crippen molar-refractivity contribution >= 4 is 28.6 Å². The third kappa shape index (κ3) is 2.91. The van der Waals surface area contributed by atoms with Gasteiger partial charge in [0.15, 0.2) is 11.5 Å². The Labute approximate surface area is 138 Å². The van der Waals surface area contributed by atoms with Crippen LogP contribution in [-0.2, 0) is 0 Å². The minimum atomic E-state index is -0.531. The lowest BCUT2D eigenvalue weighted by molar-refractivity contribution is 0.0730. The molecule has 4 N–H and O–H groups in total. The molecule has 122 valence electrons. The quantitative estimate of drug-likeness (QED) is 0.561. The minimum Gasteiger partial charge on any atom is -0.493 e. The molecule has 7 nitrogen and oxygen atoms in total. The molecule has 0 saturated heterocycles. The first-order valence-corrected chi connectivity index (χ1v) is 7.17. The van der Waals surface area contributed by atoms with Crippen LogP contribution in [0.25, 0.3) is 10.9 Å². The maximum absolute atomic E-state index is 12.4. The van der Waals surface area contributed by atoms with Crippen molar-refractivity contribution in [2.45, 2.75) is 6.92 Å². The Kier molecular flexibility index (Phi) is 3.91. The number of carbonyl (C=O) groups is 1. The number of hydrogen-bond donors (Lipinski definition) is 2. The Bertz CT molecular complexity index is 941. The van der Waals surface area contributed by atoms with Gasteiger partial charge in [0.1, 0.15) is 5.82 Å². The predicted octanol–water partition coefficient (Wildman–Crippen LogP) is 2.33. The summed E-state index contributed by atoms with van der Waals surface area (Å²) in [6.45, 7) is 1.90. The summed E-state index contributed by atoms with van der Waals surface area (Å²) in [5.41, 5.74) is 13.2. The number of rotatable bonds is 3. The van der Waals surface area contributed by atoms with E-state index >= 15 is 0 Å². The molecule has 0 spiro atoms. The molecule has 3 aromatic rings.